The molecule has 2 N–H and O–H groups in total. The van der Waals surface area contributed by atoms with Gasteiger partial charge in [-0.1, -0.05) is 60.8 Å². The predicted octanol–water partition coefficient (Wildman–Crippen LogP) is 2.47. The van der Waals surface area contributed by atoms with Crippen molar-refractivity contribution in [1.82, 2.24) is 0 Å². The van der Waals surface area contributed by atoms with Gasteiger partial charge in [0.05, 0.1) is 16.1 Å². The lowest BCUT2D eigenvalue weighted by atomic mass is 10.4. The second-order valence-electron chi connectivity index (χ2n) is 7.13. The molecule has 0 fully saturated rings. The van der Waals surface area contributed by atoms with Gasteiger partial charge in [-0.2, -0.15) is 0 Å². The number of carboxylic acids is 2. The summed E-state index contributed by atoms with van der Waals surface area (Å²) in [4.78, 5) is 21.5. The molecule has 1 rings (SSSR count). The van der Waals surface area contributed by atoms with Crippen LogP contribution in [0, 0.1) is 0 Å². The third kappa shape index (κ3) is 5.42. The fourth-order valence-electron chi connectivity index (χ4n) is 2.50. The summed E-state index contributed by atoms with van der Waals surface area (Å²) in [7, 11) is -3.44. The van der Waals surface area contributed by atoms with Crippen LogP contribution in [0.5, 0.6) is 0 Å². The molecule has 0 aromatic heterocycles. The van der Waals surface area contributed by atoms with Gasteiger partial charge >= 0.3 is 11.9 Å². The van der Waals surface area contributed by atoms with E-state index in [9.17, 15) is 9.59 Å². The van der Waals surface area contributed by atoms with Gasteiger partial charge in [-0.3, -0.25) is 9.59 Å². The lowest BCUT2D eigenvalue weighted by Gasteiger charge is -2.26. The largest absolute Gasteiger partial charge is 0.481 e. The molecule has 0 bridgehead atoms. The molecule has 0 unspecified atom stereocenters. The third-order valence-electron chi connectivity index (χ3n) is 4.38. The molecule has 6 heteroatoms. The topological polar surface area (TPSA) is 74.6 Å². The molecular weight excluding hydrogens is 312 g/mol. The van der Waals surface area contributed by atoms with Crippen LogP contribution in [0.3, 0.4) is 0 Å². The Kier molecular flexibility index (Phi) is 6.13. The Balaban J connectivity index is 2.85. The van der Waals surface area contributed by atoms with Crippen molar-refractivity contribution in [2.75, 3.05) is 0 Å². The number of aliphatic carboxylic acids is 2. The van der Waals surface area contributed by atoms with Crippen LogP contribution >= 0.6 is 0 Å². The maximum Gasteiger partial charge on any atom is 0.303 e. The Bertz CT molecular complexity index is 487. The molecule has 0 aliphatic heterocycles. The van der Waals surface area contributed by atoms with E-state index in [0.717, 1.165) is 12.1 Å². The first kappa shape index (κ1) is 18.6. The number of carboxylic acid groups (broad SMARTS) is 2. The lowest BCUT2D eigenvalue weighted by Crippen LogP contribution is -2.45. The van der Waals surface area contributed by atoms with Crippen molar-refractivity contribution < 1.29 is 19.8 Å². The molecule has 0 aliphatic carbocycles. The quantitative estimate of drug-likeness (QED) is 0.714. The zero-order chi connectivity index (χ0) is 17.0. The molecule has 0 radical (unpaired) electrons. The normalized spacial score (nSPS) is 12.2. The van der Waals surface area contributed by atoms with E-state index < -0.39 is 28.1 Å². The van der Waals surface area contributed by atoms with Crippen molar-refractivity contribution in [3.8, 4) is 0 Å². The first-order valence-corrected chi connectivity index (χ1v) is 14.0. The maximum absolute atomic E-state index is 10.8. The molecule has 0 heterocycles. The summed E-state index contributed by atoms with van der Waals surface area (Å²) in [5.41, 5.74) is 0. The Morgan fingerprint density at radius 3 is 1.27 bits per heavy atom. The second-order valence-corrected chi connectivity index (χ2v) is 16.8. The summed E-state index contributed by atoms with van der Waals surface area (Å²) in [5.74, 6) is -1.47. The van der Waals surface area contributed by atoms with Crippen molar-refractivity contribution in [1.29, 1.82) is 0 Å². The standard InChI is InChI=1S/C16H26O4Si2/c1-21(2,11-9-15(17)18)13-5-7-14(8-6-13)22(3,4)12-10-16(19)20/h5-8H,9-12H2,1-4H3,(H,17,18)(H,19,20). The monoisotopic (exact) mass is 338 g/mol. The molecule has 1 aromatic carbocycles. The Labute approximate surface area is 134 Å². The fourth-order valence-corrected chi connectivity index (χ4v) is 6.89. The molecule has 0 atom stereocenters. The van der Waals surface area contributed by atoms with Crippen LogP contribution in [0.2, 0.25) is 38.3 Å². The highest BCUT2D eigenvalue weighted by molar-refractivity contribution is 6.91. The molecule has 4 nitrogen and oxygen atoms in total. The minimum absolute atomic E-state index is 0.222. The highest BCUT2D eigenvalue weighted by Gasteiger charge is 2.27. The van der Waals surface area contributed by atoms with Gasteiger partial charge in [-0.15, -0.1) is 0 Å². The molecular formula is C16H26O4Si2. The van der Waals surface area contributed by atoms with Crippen molar-refractivity contribution in [3.63, 3.8) is 0 Å². The Morgan fingerprint density at radius 1 is 0.773 bits per heavy atom. The number of benzene rings is 1. The summed E-state index contributed by atoms with van der Waals surface area (Å²) >= 11 is 0. The van der Waals surface area contributed by atoms with Crippen LogP contribution in [0.15, 0.2) is 24.3 Å². The van der Waals surface area contributed by atoms with Crippen molar-refractivity contribution in [2.45, 2.75) is 51.1 Å². The van der Waals surface area contributed by atoms with Crippen LogP contribution < -0.4 is 10.4 Å². The average molecular weight is 339 g/mol. The average Bonchev–Trinajstić information content (AvgIpc) is 2.43. The van der Waals surface area contributed by atoms with E-state index in [-0.39, 0.29) is 12.8 Å². The number of hydrogen-bond donors (Lipinski definition) is 2. The highest BCUT2D eigenvalue weighted by atomic mass is 28.3. The van der Waals surface area contributed by atoms with Crippen LogP contribution in [-0.4, -0.2) is 38.3 Å². The molecule has 1 aromatic rings. The van der Waals surface area contributed by atoms with Crippen LogP contribution in [0.25, 0.3) is 0 Å². The van der Waals surface area contributed by atoms with Crippen molar-refractivity contribution in [2.24, 2.45) is 0 Å². The van der Waals surface area contributed by atoms with Gasteiger partial charge in [0, 0.05) is 12.8 Å². The summed E-state index contributed by atoms with van der Waals surface area (Å²) in [5, 5.41) is 20.2. The first-order chi connectivity index (χ1) is 10.0. The van der Waals surface area contributed by atoms with E-state index in [1.54, 1.807) is 0 Å². The lowest BCUT2D eigenvalue weighted by molar-refractivity contribution is -0.137. The second kappa shape index (κ2) is 7.24. The van der Waals surface area contributed by atoms with Crippen LogP contribution in [-0.2, 0) is 9.59 Å². The van der Waals surface area contributed by atoms with Crippen molar-refractivity contribution >= 4 is 38.5 Å². The molecule has 0 aliphatic rings. The van der Waals surface area contributed by atoms with Gasteiger partial charge < -0.3 is 10.2 Å². The smallest absolute Gasteiger partial charge is 0.303 e. The van der Waals surface area contributed by atoms with Gasteiger partial charge in [-0.05, 0) is 12.1 Å². The Hall–Kier alpha value is -1.41. The minimum atomic E-state index is -1.72. The number of rotatable bonds is 8. The SMILES string of the molecule is C[Si](C)(CCC(=O)O)c1ccc([Si](C)(C)CCC(=O)O)cc1. The zero-order valence-electron chi connectivity index (χ0n) is 13.8. The summed E-state index contributed by atoms with van der Waals surface area (Å²) in [6, 6.07) is 9.97. The molecule has 122 valence electrons. The predicted molar refractivity (Wildman–Crippen MR) is 94.8 cm³/mol. The van der Waals surface area contributed by atoms with E-state index in [1.807, 2.05) is 0 Å². The number of carbonyl (C=O) groups is 2. The van der Waals surface area contributed by atoms with E-state index >= 15 is 0 Å². The molecule has 0 amide bonds. The van der Waals surface area contributed by atoms with Gasteiger partial charge in [0.1, 0.15) is 0 Å². The fraction of sp³-hybridized carbons (Fsp3) is 0.500. The molecule has 0 spiro atoms. The van der Waals surface area contributed by atoms with Crippen LogP contribution in [0.4, 0.5) is 0 Å². The maximum atomic E-state index is 10.8. The molecule has 0 saturated heterocycles. The van der Waals surface area contributed by atoms with Gasteiger partial charge in [0.15, 0.2) is 0 Å². The summed E-state index contributed by atoms with van der Waals surface area (Å²) in [6.07, 6.45) is 0.444. The van der Waals surface area contributed by atoms with E-state index in [4.69, 9.17) is 10.2 Å². The van der Waals surface area contributed by atoms with Gasteiger partial charge in [0.25, 0.3) is 0 Å². The Morgan fingerprint density at radius 2 is 1.05 bits per heavy atom. The van der Waals surface area contributed by atoms with E-state index in [2.05, 4.69) is 50.5 Å². The third-order valence-corrected chi connectivity index (χ3v) is 11.2. The number of hydrogen-bond acceptors (Lipinski definition) is 2. The first-order valence-electron chi connectivity index (χ1n) is 7.59. The minimum Gasteiger partial charge on any atom is -0.481 e. The van der Waals surface area contributed by atoms with E-state index in [1.165, 1.54) is 10.4 Å². The van der Waals surface area contributed by atoms with Crippen LogP contribution in [0.1, 0.15) is 12.8 Å². The molecule has 22 heavy (non-hydrogen) atoms. The van der Waals surface area contributed by atoms with E-state index in [0.29, 0.717) is 0 Å². The summed E-state index contributed by atoms with van der Waals surface area (Å²) in [6.45, 7) is 8.77. The van der Waals surface area contributed by atoms with Gasteiger partial charge in [0.2, 0.25) is 0 Å². The highest BCUT2D eigenvalue weighted by Crippen LogP contribution is 2.15. The zero-order valence-corrected chi connectivity index (χ0v) is 15.8. The summed E-state index contributed by atoms with van der Waals surface area (Å²) < 4.78 is 0. The van der Waals surface area contributed by atoms with Gasteiger partial charge in [-0.25, -0.2) is 0 Å². The molecule has 0 saturated carbocycles. The van der Waals surface area contributed by atoms with Crippen molar-refractivity contribution in [3.05, 3.63) is 24.3 Å².